The van der Waals surface area contributed by atoms with Crippen molar-refractivity contribution in [3.63, 3.8) is 0 Å². The highest BCUT2D eigenvalue weighted by molar-refractivity contribution is 5.60. The van der Waals surface area contributed by atoms with E-state index in [4.69, 9.17) is 0 Å². The molecule has 1 N–H and O–H groups in total. The Morgan fingerprint density at radius 3 is 2.88 bits per heavy atom. The van der Waals surface area contributed by atoms with Crippen molar-refractivity contribution < 1.29 is 4.39 Å². The molecule has 1 fully saturated rings. The van der Waals surface area contributed by atoms with E-state index in [-0.39, 0.29) is 5.82 Å². The highest BCUT2D eigenvalue weighted by Crippen LogP contribution is 2.39. The van der Waals surface area contributed by atoms with E-state index in [1.807, 2.05) is 13.1 Å². The lowest BCUT2D eigenvalue weighted by Crippen LogP contribution is -1.87. The fourth-order valence-electron chi connectivity index (χ4n) is 1.97. The number of aromatic amines is 1. The largest absolute Gasteiger partial charge is 0.342 e. The molecule has 0 bridgehead atoms. The third kappa shape index (κ3) is 1.62. The van der Waals surface area contributed by atoms with Crippen LogP contribution in [0.5, 0.6) is 0 Å². The van der Waals surface area contributed by atoms with E-state index < -0.39 is 0 Å². The summed E-state index contributed by atoms with van der Waals surface area (Å²) in [5.41, 5.74) is 3.10. The standard InChI is InChI=1S/C13H13FN2/c1-8-6-10(14)4-5-11(8)13-15-7-12(16-13)9-2-3-9/h4-7,9H,2-3H2,1H3,(H,15,16). The van der Waals surface area contributed by atoms with Crippen LogP contribution in [0.2, 0.25) is 0 Å². The van der Waals surface area contributed by atoms with Gasteiger partial charge in [0.2, 0.25) is 0 Å². The quantitative estimate of drug-likeness (QED) is 0.818. The molecule has 1 heterocycles. The average molecular weight is 216 g/mol. The van der Waals surface area contributed by atoms with E-state index >= 15 is 0 Å². The van der Waals surface area contributed by atoms with Gasteiger partial charge in [0, 0.05) is 23.4 Å². The van der Waals surface area contributed by atoms with Gasteiger partial charge in [-0.15, -0.1) is 0 Å². The van der Waals surface area contributed by atoms with E-state index in [1.165, 1.54) is 30.7 Å². The molecule has 1 aromatic carbocycles. The second-order valence-corrected chi connectivity index (χ2v) is 4.42. The van der Waals surface area contributed by atoms with E-state index in [9.17, 15) is 4.39 Å². The first-order chi connectivity index (χ1) is 7.74. The summed E-state index contributed by atoms with van der Waals surface area (Å²) in [6.45, 7) is 1.90. The molecule has 0 radical (unpaired) electrons. The number of benzene rings is 1. The van der Waals surface area contributed by atoms with Gasteiger partial charge in [0.15, 0.2) is 0 Å². The minimum atomic E-state index is -0.199. The smallest absolute Gasteiger partial charge is 0.137 e. The van der Waals surface area contributed by atoms with Gasteiger partial charge < -0.3 is 4.98 Å². The monoisotopic (exact) mass is 216 g/mol. The molecule has 0 amide bonds. The minimum Gasteiger partial charge on any atom is -0.342 e. The van der Waals surface area contributed by atoms with E-state index in [1.54, 1.807) is 6.07 Å². The molecule has 82 valence electrons. The Bertz CT molecular complexity index is 526. The number of rotatable bonds is 2. The maximum atomic E-state index is 13.0. The molecule has 1 saturated carbocycles. The topological polar surface area (TPSA) is 28.7 Å². The molecular formula is C13H13FN2. The highest BCUT2D eigenvalue weighted by atomic mass is 19.1. The highest BCUT2D eigenvalue weighted by Gasteiger charge is 2.25. The van der Waals surface area contributed by atoms with Gasteiger partial charge in [-0.3, -0.25) is 0 Å². The zero-order valence-corrected chi connectivity index (χ0v) is 9.13. The van der Waals surface area contributed by atoms with Crippen molar-refractivity contribution in [1.29, 1.82) is 0 Å². The summed E-state index contributed by atoms with van der Waals surface area (Å²) in [7, 11) is 0. The van der Waals surface area contributed by atoms with Crippen molar-refractivity contribution >= 4 is 0 Å². The summed E-state index contributed by atoms with van der Waals surface area (Å²) >= 11 is 0. The van der Waals surface area contributed by atoms with Crippen LogP contribution in [0.15, 0.2) is 24.4 Å². The zero-order valence-electron chi connectivity index (χ0n) is 9.13. The summed E-state index contributed by atoms with van der Waals surface area (Å²) in [5, 5.41) is 0. The molecule has 1 aliphatic carbocycles. The number of aromatic nitrogens is 2. The number of hydrogen-bond acceptors (Lipinski definition) is 1. The number of aryl methyl sites for hydroxylation is 1. The molecule has 16 heavy (non-hydrogen) atoms. The lowest BCUT2D eigenvalue weighted by Gasteiger charge is -2.02. The molecule has 3 rings (SSSR count). The number of nitrogens with zero attached hydrogens (tertiary/aromatic N) is 1. The summed E-state index contributed by atoms with van der Waals surface area (Å²) in [5.74, 6) is 1.32. The van der Waals surface area contributed by atoms with Gasteiger partial charge in [-0.05, 0) is 43.5 Å². The van der Waals surface area contributed by atoms with Gasteiger partial charge in [-0.25, -0.2) is 9.37 Å². The maximum absolute atomic E-state index is 13.0. The van der Waals surface area contributed by atoms with Crippen molar-refractivity contribution in [2.45, 2.75) is 25.7 Å². The number of halogens is 1. The van der Waals surface area contributed by atoms with Gasteiger partial charge in [-0.2, -0.15) is 0 Å². The van der Waals surface area contributed by atoms with Crippen LogP contribution in [0.4, 0.5) is 4.39 Å². The fourth-order valence-corrected chi connectivity index (χ4v) is 1.97. The van der Waals surface area contributed by atoms with Gasteiger partial charge >= 0.3 is 0 Å². The number of imidazole rings is 1. The van der Waals surface area contributed by atoms with Crippen LogP contribution >= 0.6 is 0 Å². The molecule has 3 heteroatoms. The second-order valence-electron chi connectivity index (χ2n) is 4.42. The Morgan fingerprint density at radius 2 is 2.19 bits per heavy atom. The van der Waals surface area contributed by atoms with Gasteiger partial charge in [0.25, 0.3) is 0 Å². The van der Waals surface area contributed by atoms with Crippen LogP contribution in [-0.2, 0) is 0 Å². The normalized spacial score (nSPS) is 15.4. The predicted octanol–water partition coefficient (Wildman–Crippen LogP) is 3.40. The summed E-state index contributed by atoms with van der Waals surface area (Å²) in [4.78, 5) is 7.68. The number of hydrogen-bond donors (Lipinski definition) is 1. The average Bonchev–Trinajstić information content (AvgIpc) is 2.98. The molecule has 0 atom stereocenters. The first kappa shape index (κ1) is 9.58. The Balaban J connectivity index is 2.00. The molecule has 1 aromatic heterocycles. The van der Waals surface area contributed by atoms with Crippen LogP contribution in [0.1, 0.15) is 30.0 Å². The minimum absolute atomic E-state index is 0.199. The second kappa shape index (κ2) is 3.44. The van der Waals surface area contributed by atoms with E-state index in [0.29, 0.717) is 5.92 Å². The van der Waals surface area contributed by atoms with Crippen molar-refractivity contribution in [3.05, 3.63) is 41.5 Å². The van der Waals surface area contributed by atoms with Crippen LogP contribution in [0.25, 0.3) is 11.4 Å². The Kier molecular flexibility index (Phi) is 2.06. The van der Waals surface area contributed by atoms with E-state index in [2.05, 4.69) is 9.97 Å². The lowest BCUT2D eigenvalue weighted by atomic mass is 10.1. The molecule has 1 aliphatic rings. The van der Waals surface area contributed by atoms with Gasteiger partial charge in [-0.1, -0.05) is 0 Å². The third-order valence-corrected chi connectivity index (χ3v) is 3.06. The van der Waals surface area contributed by atoms with Crippen LogP contribution in [-0.4, -0.2) is 9.97 Å². The van der Waals surface area contributed by atoms with E-state index in [0.717, 1.165) is 17.0 Å². The lowest BCUT2D eigenvalue weighted by molar-refractivity contribution is 0.627. The predicted molar refractivity (Wildman–Crippen MR) is 60.7 cm³/mol. The SMILES string of the molecule is Cc1cc(F)ccc1-c1ncc(C2CC2)[nH]1. The third-order valence-electron chi connectivity index (χ3n) is 3.06. The van der Waals surface area contributed by atoms with Crippen molar-refractivity contribution in [2.75, 3.05) is 0 Å². The zero-order chi connectivity index (χ0) is 11.1. The van der Waals surface area contributed by atoms with Crippen molar-refractivity contribution in [2.24, 2.45) is 0 Å². The van der Waals surface area contributed by atoms with Crippen LogP contribution in [0, 0.1) is 12.7 Å². The molecule has 0 unspecified atom stereocenters. The molecule has 2 nitrogen and oxygen atoms in total. The molecule has 0 spiro atoms. The van der Waals surface area contributed by atoms with Crippen molar-refractivity contribution in [3.8, 4) is 11.4 Å². The summed E-state index contributed by atoms with van der Waals surface area (Å²) in [6, 6.07) is 4.79. The van der Waals surface area contributed by atoms with Crippen LogP contribution in [0.3, 0.4) is 0 Å². The Morgan fingerprint density at radius 1 is 1.38 bits per heavy atom. The van der Waals surface area contributed by atoms with Gasteiger partial charge in [0.05, 0.1) is 0 Å². The Labute approximate surface area is 93.5 Å². The summed E-state index contributed by atoms with van der Waals surface area (Å²) in [6.07, 6.45) is 4.41. The summed E-state index contributed by atoms with van der Waals surface area (Å²) < 4.78 is 13.0. The number of H-pyrrole nitrogens is 1. The maximum Gasteiger partial charge on any atom is 0.137 e. The molecular weight excluding hydrogens is 203 g/mol. The fraction of sp³-hybridized carbons (Fsp3) is 0.308. The molecule has 2 aromatic rings. The van der Waals surface area contributed by atoms with Crippen LogP contribution < -0.4 is 0 Å². The number of nitrogens with one attached hydrogen (secondary N) is 1. The Hall–Kier alpha value is -1.64. The first-order valence-electron chi connectivity index (χ1n) is 5.55. The first-order valence-corrected chi connectivity index (χ1v) is 5.55. The molecule has 0 aliphatic heterocycles. The van der Waals surface area contributed by atoms with Gasteiger partial charge in [0.1, 0.15) is 11.6 Å². The molecule has 0 saturated heterocycles. The van der Waals surface area contributed by atoms with Crippen molar-refractivity contribution in [1.82, 2.24) is 9.97 Å².